The van der Waals surface area contributed by atoms with Crippen LogP contribution in [0, 0.1) is 0 Å². The summed E-state index contributed by atoms with van der Waals surface area (Å²) in [6.07, 6.45) is -0.279. The van der Waals surface area contributed by atoms with Gasteiger partial charge >= 0.3 is 6.18 Å². The molecule has 1 fully saturated rings. The van der Waals surface area contributed by atoms with Crippen molar-refractivity contribution in [2.45, 2.75) is 19.1 Å². The average molecular weight is 354 g/mol. The molecular formula is C15H17F3N6O. The maximum absolute atomic E-state index is 12.8. The van der Waals surface area contributed by atoms with Crippen molar-refractivity contribution in [3.63, 3.8) is 0 Å². The van der Waals surface area contributed by atoms with Crippen LogP contribution >= 0.6 is 0 Å². The lowest BCUT2D eigenvalue weighted by Crippen LogP contribution is -2.54. The molecule has 10 heteroatoms. The lowest BCUT2D eigenvalue weighted by molar-refractivity contribution is -0.141. The molecule has 3 rings (SSSR count). The predicted molar refractivity (Wildman–Crippen MR) is 83.0 cm³/mol. The summed E-state index contributed by atoms with van der Waals surface area (Å²) in [4.78, 5) is 23.4. The molecule has 0 spiro atoms. The third kappa shape index (κ3) is 3.57. The first-order valence-electron chi connectivity index (χ1n) is 7.70. The highest BCUT2D eigenvalue weighted by Gasteiger charge is 2.34. The number of halogens is 3. The number of alkyl halides is 3. The number of hydrogen-bond acceptors (Lipinski definition) is 5. The largest absolute Gasteiger partial charge is 0.433 e. The van der Waals surface area contributed by atoms with Crippen molar-refractivity contribution < 1.29 is 18.0 Å². The first kappa shape index (κ1) is 17.2. The van der Waals surface area contributed by atoms with Crippen molar-refractivity contribution in [2.75, 3.05) is 24.5 Å². The molecule has 7 nitrogen and oxygen atoms in total. The zero-order valence-electron chi connectivity index (χ0n) is 13.7. The molecule has 0 bridgehead atoms. The number of carbonyl (C=O) groups is 1. The summed E-state index contributed by atoms with van der Waals surface area (Å²) in [7, 11) is 1.73. The molecule has 1 saturated heterocycles. The standard InChI is InChI=1S/C15H17F3N6O/c1-10-8-23(14-19-4-3-12(21-14)15(16,17)18)5-6-24(10)13(25)11-7-20-22(2)9-11/h3-4,7,9-10H,5-6,8H2,1-2H3. The smallest absolute Gasteiger partial charge is 0.337 e. The highest BCUT2D eigenvalue weighted by atomic mass is 19.4. The number of anilines is 1. The quantitative estimate of drug-likeness (QED) is 0.819. The van der Waals surface area contributed by atoms with Gasteiger partial charge in [-0.15, -0.1) is 0 Å². The van der Waals surface area contributed by atoms with Crippen LogP contribution in [0.2, 0.25) is 0 Å². The second kappa shape index (κ2) is 6.34. The molecule has 0 saturated carbocycles. The van der Waals surface area contributed by atoms with E-state index in [0.717, 1.165) is 12.3 Å². The highest BCUT2D eigenvalue weighted by molar-refractivity contribution is 5.94. The van der Waals surface area contributed by atoms with Gasteiger partial charge < -0.3 is 9.80 Å². The van der Waals surface area contributed by atoms with Gasteiger partial charge in [-0.3, -0.25) is 9.48 Å². The lowest BCUT2D eigenvalue weighted by atomic mass is 10.1. The van der Waals surface area contributed by atoms with Gasteiger partial charge in [-0.1, -0.05) is 0 Å². The first-order chi connectivity index (χ1) is 11.8. The van der Waals surface area contributed by atoms with E-state index in [2.05, 4.69) is 15.1 Å². The van der Waals surface area contributed by atoms with Crippen LogP contribution in [0.1, 0.15) is 23.0 Å². The molecule has 0 aliphatic carbocycles. The molecular weight excluding hydrogens is 337 g/mol. The van der Waals surface area contributed by atoms with Gasteiger partial charge in [0.05, 0.1) is 11.8 Å². The van der Waals surface area contributed by atoms with Crippen molar-refractivity contribution in [3.05, 3.63) is 35.9 Å². The summed E-state index contributed by atoms with van der Waals surface area (Å²) in [5.74, 6) is -0.125. The van der Waals surface area contributed by atoms with Gasteiger partial charge in [0.15, 0.2) is 0 Å². The summed E-state index contributed by atoms with van der Waals surface area (Å²) >= 11 is 0. The van der Waals surface area contributed by atoms with Gasteiger partial charge in [-0.25, -0.2) is 9.97 Å². The van der Waals surface area contributed by atoms with Crippen LogP contribution < -0.4 is 4.90 Å². The molecule has 1 aliphatic rings. The van der Waals surface area contributed by atoms with E-state index in [0.29, 0.717) is 25.2 Å². The summed E-state index contributed by atoms with van der Waals surface area (Å²) in [6, 6.07) is 0.648. The zero-order valence-corrected chi connectivity index (χ0v) is 13.7. The first-order valence-corrected chi connectivity index (χ1v) is 7.70. The number of rotatable bonds is 2. The van der Waals surface area contributed by atoms with E-state index < -0.39 is 11.9 Å². The Morgan fingerprint density at radius 1 is 1.32 bits per heavy atom. The van der Waals surface area contributed by atoms with Crippen LogP contribution in [0.15, 0.2) is 24.7 Å². The van der Waals surface area contributed by atoms with E-state index in [9.17, 15) is 18.0 Å². The summed E-state index contributed by atoms with van der Waals surface area (Å²) in [6.45, 7) is 2.92. The van der Waals surface area contributed by atoms with Crippen LogP contribution in [0.3, 0.4) is 0 Å². The molecule has 0 aromatic carbocycles. The Morgan fingerprint density at radius 2 is 2.08 bits per heavy atom. The van der Waals surface area contributed by atoms with Crippen LogP contribution in [-0.2, 0) is 13.2 Å². The second-order valence-corrected chi connectivity index (χ2v) is 5.94. The molecule has 25 heavy (non-hydrogen) atoms. The monoisotopic (exact) mass is 354 g/mol. The van der Waals surface area contributed by atoms with Crippen LogP contribution in [0.4, 0.5) is 19.1 Å². The lowest BCUT2D eigenvalue weighted by Gasteiger charge is -2.39. The van der Waals surface area contributed by atoms with Gasteiger partial charge in [0.25, 0.3) is 5.91 Å². The number of aromatic nitrogens is 4. The average Bonchev–Trinajstić information content (AvgIpc) is 3.00. The Hall–Kier alpha value is -2.65. The Labute approximate surface area is 142 Å². The molecule has 1 amide bonds. The highest BCUT2D eigenvalue weighted by Crippen LogP contribution is 2.28. The van der Waals surface area contributed by atoms with Gasteiger partial charge in [0.2, 0.25) is 5.95 Å². The van der Waals surface area contributed by atoms with Gasteiger partial charge in [-0.05, 0) is 13.0 Å². The molecule has 0 radical (unpaired) electrons. The van der Waals surface area contributed by atoms with E-state index >= 15 is 0 Å². The Morgan fingerprint density at radius 3 is 2.68 bits per heavy atom. The molecule has 0 N–H and O–H groups in total. The van der Waals surface area contributed by atoms with Crippen molar-refractivity contribution in [2.24, 2.45) is 7.05 Å². The Kier molecular flexibility index (Phi) is 4.36. The second-order valence-electron chi connectivity index (χ2n) is 5.94. The maximum atomic E-state index is 12.8. The molecule has 1 atom stereocenters. The number of hydrogen-bond donors (Lipinski definition) is 0. The van der Waals surface area contributed by atoms with Crippen LogP contribution in [0.5, 0.6) is 0 Å². The summed E-state index contributed by atoms with van der Waals surface area (Å²) < 4.78 is 39.9. The van der Waals surface area contributed by atoms with E-state index in [1.54, 1.807) is 27.7 Å². The van der Waals surface area contributed by atoms with Crippen molar-refractivity contribution in [3.8, 4) is 0 Å². The fraction of sp³-hybridized carbons (Fsp3) is 0.467. The normalized spacial score (nSPS) is 18.5. The van der Waals surface area contributed by atoms with E-state index in [4.69, 9.17) is 0 Å². The van der Waals surface area contributed by atoms with Crippen molar-refractivity contribution in [1.29, 1.82) is 0 Å². The van der Waals surface area contributed by atoms with Crippen LogP contribution in [0.25, 0.3) is 0 Å². The van der Waals surface area contributed by atoms with Gasteiger partial charge in [-0.2, -0.15) is 18.3 Å². The molecule has 134 valence electrons. The number of aryl methyl sites for hydroxylation is 1. The Bertz CT molecular complexity index is 775. The third-order valence-electron chi connectivity index (χ3n) is 4.06. The minimum absolute atomic E-state index is 0.0233. The van der Waals surface area contributed by atoms with Gasteiger partial charge in [0.1, 0.15) is 5.69 Å². The number of nitrogens with zero attached hydrogens (tertiary/aromatic N) is 6. The Balaban J connectivity index is 1.73. The molecule has 1 unspecified atom stereocenters. The zero-order chi connectivity index (χ0) is 18.2. The van der Waals surface area contributed by atoms with E-state index in [-0.39, 0.29) is 17.9 Å². The summed E-state index contributed by atoms with van der Waals surface area (Å²) in [5, 5.41) is 3.99. The minimum atomic E-state index is -4.51. The molecule has 1 aliphatic heterocycles. The molecule has 3 heterocycles. The topological polar surface area (TPSA) is 67.2 Å². The van der Waals surface area contributed by atoms with Crippen molar-refractivity contribution >= 4 is 11.9 Å². The van der Waals surface area contributed by atoms with E-state index in [1.165, 1.54) is 6.20 Å². The minimum Gasteiger partial charge on any atom is -0.337 e. The molecule has 2 aromatic heterocycles. The van der Waals surface area contributed by atoms with Gasteiger partial charge in [0, 0.05) is 45.1 Å². The number of piperazine rings is 1. The third-order valence-corrected chi connectivity index (χ3v) is 4.06. The van der Waals surface area contributed by atoms with Crippen molar-refractivity contribution in [1.82, 2.24) is 24.6 Å². The molecule has 2 aromatic rings. The fourth-order valence-corrected chi connectivity index (χ4v) is 2.80. The van der Waals surface area contributed by atoms with Crippen LogP contribution in [-0.4, -0.2) is 56.2 Å². The maximum Gasteiger partial charge on any atom is 0.433 e. The predicted octanol–water partition coefficient (Wildman–Crippen LogP) is 1.58. The summed E-state index contributed by atoms with van der Waals surface area (Å²) in [5.41, 5.74) is -0.489. The number of carbonyl (C=O) groups excluding carboxylic acids is 1. The van der Waals surface area contributed by atoms with E-state index in [1.807, 2.05) is 6.92 Å². The SMILES string of the molecule is CC1CN(c2nccc(C(F)(F)F)n2)CCN1C(=O)c1cnn(C)c1. The number of amides is 1. The fourth-order valence-electron chi connectivity index (χ4n) is 2.80.